The van der Waals surface area contributed by atoms with Crippen molar-refractivity contribution in [2.75, 3.05) is 6.61 Å². The van der Waals surface area contributed by atoms with Gasteiger partial charge in [0.15, 0.2) is 6.61 Å². The molecule has 0 aliphatic heterocycles. The molecule has 0 saturated heterocycles. The third-order valence-electron chi connectivity index (χ3n) is 6.47. The molecule has 0 atom stereocenters. The molecular formula is C28H26F4O. The van der Waals surface area contributed by atoms with Gasteiger partial charge in [0.05, 0.1) is 5.56 Å². The lowest BCUT2D eigenvalue weighted by atomic mass is 9.77. The third kappa shape index (κ3) is 5.87. The van der Waals surface area contributed by atoms with Crippen LogP contribution in [0.4, 0.5) is 17.6 Å². The van der Waals surface area contributed by atoms with Crippen LogP contribution in [0.5, 0.6) is 5.75 Å². The summed E-state index contributed by atoms with van der Waals surface area (Å²) in [4.78, 5) is 0. The molecule has 1 nitrogen and oxygen atoms in total. The minimum atomic E-state index is -4.39. The number of alkyl halides is 3. The van der Waals surface area contributed by atoms with Gasteiger partial charge >= 0.3 is 6.18 Å². The van der Waals surface area contributed by atoms with E-state index < -0.39 is 12.8 Å². The van der Waals surface area contributed by atoms with Crippen LogP contribution in [0.3, 0.4) is 0 Å². The van der Waals surface area contributed by atoms with Crippen molar-refractivity contribution in [3.8, 4) is 17.6 Å². The topological polar surface area (TPSA) is 9.23 Å². The van der Waals surface area contributed by atoms with Crippen molar-refractivity contribution in [2.45, 2.75) is 51.1 Å². The number of fused-ring (bicyclic) bond motifs is 1. The molecule has 0 N–H and O–H groups in total. The summed E-state index contributed by atoms with van der Waals surface area (Å²) >= 11 is 0. The van der Waals surface area contributed by atoms with E-state index in [-0.39, 0.29) is 17.1 Å². The highest BCUT2D eigenvalue weighted by atomic mass is 19.4. The van der Waals surface area contributed by atoms with E-state index in [0.717, 1.165) is 11.3 Å². The van der Waals surface area contributed by atoms with Crippen LogP contribution in [0, 0.1) is 23.6 Å². The molecule has 0 aromatic heterocycles. The predicted molar refractivity (Wildman–Crippen MR) is 123 cm³/mol. The highest BCUT2D eigenvalue weighted by molar-refractivity contribution is 5.85. The molecule has 0 heterocycles. The SMILES string of the molecule is CCC1CCC(c2ccc3c(F)c(C#Cc4ccc(OCC(F)(F)F)cc4)ccc3c2)CC1. The van der Waals surface area contributed by atoms with Crippen molar-refractivity contribution in [1.29, 1.82) is 0 Å². The molecule has 0 bridgehead atoms. The highest BCUT2D eigenvalue weighted by Gasteiger charge is 2.28. The zero-order chi connectivity index (χ0) is 23.4. The maximum absolute atomic E-state index is 15.1. The van der Waals surface area contributed by atoms with Gasteiger partial charge in [0.25, 0.3) is 0 Å². The summed E-state index contributed by atoms with van der Waals surface area (Å²) in [6.07, 6.45) is 1.76. The summed E-state index contributed by atoms with van der Waals surface area (Å²) in [5.41, 5.74) is 2.13. The fourth-order valence-electron chi connectivity index (χ4n) is 4.50. The summed E-state index contributed by atoms with van der Waals surface area (Å²) < 4.78 is 56.5. The fraction of sp³-hybridized carbons (Fsp3) is 0.357. The molecule has 1 fully saturated rings. The van der Waals surface area contributed by atoms with E-state index in [1.165, 1.54) is 49.8 Å². The van der Waals surface area contributed by atoms with Crippen LogP contribution in [-0.4, -0.2) is 12.8 Å². The van der Waals surface area contributed by atoms with Gasteiger partial charge in [-0.05, 0) is 78.8 Å². The Morgan fingerprint density at radius 2 is 1.64 bits per heavy atom. The second-order valence-corrected chi connectivity index (χ2v) is 8.71. The third-order valence-corrected chi connectivity index (χ3v) is 6.47. The quantitative estimate of drug-likeness (QED) is 0.287. The second kappa shape index (κ2) is 9.87. The van der Waals surface area contributed by atoms with Crippen LogP contribution in [0.2, 0.25) is 0 Å². The predicted octanol–water partition coefficient (Wildman–Crippen LogP) is 8.00. The minimum Gasteiger partial charge on any atom is -0.484 e. The van der Waals surface area contributed by atoms with E-state index in [1.807, 2.05) is 18.2 Å². The Hall–Kier alpha value is -3.00. The number of hydrogen-bond acceptors (Lipinski definition) is 1. The molecule has 172 valence electrons. The Labute approximate surface area is 191 Å². The van der Waals surface area contributed by atoms with Crippen LogP contribution < -0.4 is 4.74 Å². The molecule has 1 aliphatic carbocycles. The lowest BCUT2D eigenvalue weighted by Crippen LogP contribution is -2.19. The van der Waals surface area contributed by atoms with E-state index in [1.54, 1.807) is 18.2 Å². The number of ether oxygens (including phenoxy) is 1. The second-order valence-electron chi connectivity index (χ2n) is 8.71. The number of halogens is 4. The van der Waals surface area contributed by atoms with Crippen LogP contribution in [0.25, 0.3) is 10.8 Å². The Bertz CT molecular complexity index is 1160. The van der Waals surface area contributed by atoms with Crippen LogP contribution in [0.15, 0.2) is 54.6 Å². The molecule has 0 spiro atoms. The zero-order valence-corrected chi connectivity index (χ0v) is 18.5. The number of benzene rings is 3. The molecule has 1 saturated carbocycles. The Morgan fingerprint density at radius 3 is 2.30 bits per heavy atom. The molecule has 0 radical (unpaired) electrons. The molecular weight excluding hydrogens is 428 g/mol. The van der Waals surface area contributed by atoms with Gasteiger partial charge in [0, 0.05) is 10.9 Å². The first-order valence-electron chi connectivity index (χ1n) is 11.4. The van der Waals surface area contributed by atoms with E-state index in [9.17, 15) is 13.2 Å². The molecule has 4 rings (SSSR count). The number of hydrogen-bond donors (Lipinski definition) is 0. The molecule has 1 aliphatic rings. The van der Waals surface area contributed by atoms with Gasteiger partial charge in [-0.25, -0.2) is 4.39 Å². The molecule has 3 aromatic rings. The number of rotatable bonds is 4. The zero-order valence-electron chi connectivity index (χ0n) is 18.5. The van der Waals surface area contributed by atoms with Gasteiger partial charge in [-0.2, -0.15) is 13.2 Å². The molecule has 33 heavy (non-hydrogen) atoms. The van der Waals surface area contributed by atoms with Crippen molar-refractivity contribution >= 4 is 10.8 Å². The smallest absolute Gasteiger partial charge is 0.422 e. The van der Waals surface area contributed by atoms with Crippen LogP contribution >= 0.6 is 0 Å². The standard InChI is InChI=1S/C28H26F4O/c1-2-19-3-8-21(9-4-19)23-13-16-26-24(17-23)12-11-22(27(26)29)10-5-20-6-14-25(15-7-20)33-18-28(30,31)32/h6-7,11-17,19,21H,2-4,8-9,18H2,1H3. The molecule has 0 unspecified atom stereocenters. The van der Waals surface area contributed by atoms with Crippen molar-refractivity contribution in [2.24, 2.45) is 5.92 Å². The van der Waals surface area contributed by atoms with Gasteiger partial charge in [0.2, 0.25) is 0 Å². The highest BCUT2D eigenvalue weighted by Crippen LogP contribution is 2.38. The summed E-state index contributed by atoms with van der Waals surface area (Å²) in [6.45, 7) is 0.911. The average Bonchev–Trinajstić information content (AvgIpc) is 2.82. The van der Waals surface area contributed by atoms with Crippen LogP contribution in [-0.2, 0) is 0 Å². The van der Waals surface area contributed by atoms with Gasteiger partial charge in [-0.1, -0.05) is 49.5 Å². The lowest BCUT2D eigenvalue weighted by molar-refractivity contribution is -0.153. The van der Waals surface area contributed by atoms with Crippen LogP contribution in [0.1, 0.15) is 61.6 Å². The summed E-state index contributed by atoms with van der Waals surface area (Å²) in [5.74, 6) is 6.84. The molecule has 3 aromatic carbocycles. The van der Waals surface area contributed by atoms with Crippen molar-refractivity contribution in [1.82, 2.24) is 0 Å². The normalized spacial score (nSPS) is 18.6. The molecule has 0 amide bonds. The largest absolute Gasteiger partial charge is 0.484 e. The Balaban J connectivity index is 1.48. The summed E-state index contributed by atoms with van der Waals surface area (Å²) in [5, 5.41) is 1.42. The summed E-state index contributed by atoms with van der Waals surface area (Å²) in [6, 6.07) is 15.5. The van der Waals surface area contributed by atoms with Crippen molar-refractivity contribution < 1.29 is 22.3 Å². The van der Waals surface area contributed by atoms with Crippen molar-refractivity contribution in [3.05, 3.63) is 77.1 Å². The fourth-order valence-corrected chi connectivity index (χ4v) is 4.50. The lowest BCUT2D eigenvalue weighted by Gasteiger charge is -2.28. The van der Waals surface area contributed by atoms with Gasteiger partial charge in [0.1, 0.15) is 11.6 Å². The van der Waals surface area contributed by atoms with E-state index in [2.05, 4.69) is 29.6 Å². The molecule has 5 heteroatoms. The Morgan fingerprint density at radius 1 is 0.909 bits per heavy atom. The monoisotopic (exact) mass is 454 g/mol. The van der Waals surface area contributed by atoms with Gasteiger partial charge < -0.3 is 4.74 Å². The first-order valence-corrected chi connectivity index (χ1v) is 11.4. The van der Waals surface area contributed by atoms with E-state index in [0.29, 0.717) is 16.9 Å². The van der Waals surface area contributed by atoms with Gasteiger partial charge in [-0.3, -0.25) is 0 Å². The summed E-state index contributed by atoms with van der Waals surface area (Å²) in [7, 11) is 0. The van der Waals surface area contributed by atoms with E-state index in [4.69, 9.17) is 0 Å². The van der Waals surface area contributed by atoms with Gasteiger partial charge in [-0.15, -0.1) is 0 Å². The maximum Gasteiger partial charge on any atom is 0.422 e. The van der Waals surface area contributed by atoms with Crippen molar-refractivity contribution in [3.63, 3.8) is 0 Å². The van der Waals surface area contributed by atoms with E-state index >= 15 is 4.39 Å². The first-order chi connectivity index (χ1) is 15.8. The first kappa shape index (κ1) is 23.2. The average molecular weight is 455 g/mol. The Kier molecular flexibility index (Phi) is 6.93. The maximum atomic E-state index is 15.1. The minimum absolute atomic E-state index is 0.105.